The van der Waals surface area contributed by atoms with E-state index in [1.165, 1.54) is 33.6 Å². The Labute approximate surface area is 217 Å². The molecule has 0 atom stereocenters. The first-order valence-electron chi connectivity index (χ1n) is 11.4. The van der Waals surface area contributed by atoms with Crippen molar-refractivity contribution in [3.8, 4) is 5.75 Å². The molecule has 0 spiro atoms. The van der Waals surface area contributed by atoms with Crippen LogP contribution in [0.15, 0.2) is 56.5 Å². The van der Waals surface area contributed by atoms with Crippen molar-refractivity contribution in [2.75, 3.05) is 0 Å². The first-order chi connectivity index (χ1) is 17.7. The lowest BCUT2D eigenvalue weighted by Crippen LogP contribution is -2.40. The lowest BCUT2D eigenvalue weighted by atomic mass is 10.2. The molecule has 0 unspecified atom stereocenters. The fourth-order valence-electron chi connectivity index (χ4n) is 3.97. The number of hydrogen-bond acceptors (Lipinski definition) is 7. The molecule has 1 saturated carbocycles. The van der Waals surface area contributed by atoms with Crippen molar-refractivity contribution in [1.29, 1.82) is 0 Å². The Kier molecular flexibility index (Phi) is 6.27. The third-order valence-electron chi connectivity index (χ3n) is 6.11. The van der Waals surface area contributed by atoms with Gasteiger partial charge in [0.05, 0.1) is 24.7 Å². The number of hydrogen-bond donors (Lipinski definition) is 1. The van der Waals surface area contributed by atoms with Crippen molar-refractivity contribution in [3.05, 3.63) is 74.7 Å². The number of thiophene rings is 1. The summed E-state index contributed by atoms with van der Waals surface area (Å²) in [6.07, 6.45) is -0.328. The van der Waals surface area contributed by atoms with E-state index in [1.54, 1.807) is 20.2 Å². The van der Waals surface area contributed by atoms with Crippen molar-refractivity contribution in [3.63, 3.8) is 0 Å². The highest BCUT2D eigenvalue weighted by atomic mass is 32.2. The van der Waals surface area contributed by atoms with Gasteiger partial charge in [0.2, 0.25) is 0 Å². The molecule has 0 radical (unpaired) electrons. The maximum Gasteiger partial charge on any atom is 0.573 e. The second-order valence-electron chi connectivity index (χ2n) is 9.42. The fraction of sp³-hybridized carbons (Fsp3) is 0.348. The van der Waals surface area contributed by atoms with Crippen LogP contribution >= 0.6 is 11.3 Å². The minimum Gasteiger partial charge on any atom is -0.406 e. The molecule has 3 aromatic heterocycles. The largest absolute Gasteiger partial charge is 0.573 e. The molecule has 0 amide bonds. The van der Waals surface area contributed by atoms with E-state index in [2.05, 4.69) is 14.6 Å². The SMILES string of the molecule is Cn1cc(Cn2c(=O)c3cc(S(=O)(=O)NC4(C)CC4)sc3n(Cc3ccc(OC(F)(F)F)cc3)c2=O)cn1. The zero-order chi connectivity index (χ0) is 27.5. The van der Waals surface area contributed by atoms with E-state index < -0.39 is 38.9 Å². The van der Waals surface area contributed by atoms with E-state index in [-0.39, 0.29) is 27.5 Å². The molecular formula is C23H22F3N5O5S2. The fourth-order valence-corrected chi connectivity index (χ4v) is 6.87. The maximum absolute atomic E-state index is 13.5. The normalized spacial score (nSPS) is 15.2. The molecule has 1 fully saturated rings. The van der Waals surface area contributed by atoms with Crippen molar-refractivity contribution in [1.82, 2.24) is 23.6 Å². The summed E-state index contributed by atoms with van der Waals surface area (Å²) < 4.78 is 73.8. The van der Waals surface area contributed by atoms with Crippen LogP contribution in [0.1, 0.15) is 30.9 Å². The smallest absolute Gasteiger partial charge is 0.406 e. The number of rotatable bonds is 8. The van der Waals surface area contributed by atoms with Crippen LogP contribution in [-0.4, -0.2) is 39.2 Å². The molecule has 1 N–H and O–H groups in total. The minimum atomic E-state index is -4.85. The van der Waals surface area contributed by atoms with E-state index in [0.29, 0.717) is 24.0 Å². The predicted molar refractivity (Wildman–Crippen MR) is 133 cm³/mol. The Balaban J connectivity index is 1.61. The zero-order valence-electron chi connectivity index (χ0n) is 20.2. The van der Waals surface area contributed by atoms with Gasteiger partial charge in [0.25, 0.3) is 15.6 Å². The van der Waals surface area contributed by atoms with Gasteiger partial charge in [0, 0.05) is 24.3 Å². The van der Waals surface area contributed by atoms with Gasteiger partial charge in [-0.25, -0.2) is 17.9 Å². The number of aryl methyl sites for hydroxylation is 1. The molecule has 4 aromatic rings. The molecule has 1 aromatic carbocycles. The lowest BCUT2D eigenvalue weighted by Gasteiger charge is -2.13. The quantitative estimate of drug-likeness (QED) is 0.349. The van der Waals surface area contributed by atoms with Gasteiger partial charge in [0.1, 0.15) is 14.8 Å². The summed E-state index contributed by atoms with van der Waals surface area (Å²) in [5.74, 6) is -0.426. The van der Waals surface area contributed by atoms with Crippen molar-refractivity contribution in [2.45, 2.75) is 49.0 Å². The van der Waals surface area contributed by atoms with Gasteiger partial charge in [-0.1, -0.05) is 12.1 Å². The first kappa shape index (κ1) is 26.2. The van der Waals surface area contributed by atoms with Gasteiger partial charge in [-0.05, 0) is 43.5 Å². The minimum absolute atomic E-state index is 0.0387. The van der Waals surface area contributed by atoms with Crippen LogP contribution in [-0.2, 0) is 30.2 Å². The number of benzene rings is 1. The average Bonchev–Trinajstić information content (AvgIpc) is 3.19. The van der Waals surface area contributed by atoms with E-state index in [9.17, 15) is 31.2 Å². The molecular weight excluding hydrogens is 547 g/mol. The Morgan fingerprint density at radius 3 is 2.34 bits per heavy atom. The molecule has 0 bridgehead atoms. The van der Waals surface area contributed by atoms with Gasteiger partial charge < -0.3 is 4.74 Å². The van der Waals surface area contributed by atoms with Gasteiger partial charge >= 0.3 is 12.1 Å². The lowest BCUT2D eigenvalue weighted by molar-refractivity contribution is -0.274. The molecule has 15 heteroatoms. The van der Waals surface area contributed by atoms with Crippen molar-refractivity contribution < 1.29 is 26.3 Å². The van der Waals surface area contributed by atoms with Crippen LogP contribution in [0, 0.1) is 0 Å². The van der Waals surface area contributed by atoms with Crippen LogP contribution in [0.4, 0.5) is 13.2 Å². The summed E-state index contributed by atoms with van der Waals surface area (Å²) in [4.78, 5) is 27.0. The molecule has 10 nitrogen and oxygen atoms in total. The van der Waals surface area contributed by atoms with E-state index in [1.807, 2.05) is 0 Å². The average molecular weight is 570 g/mol. The highest BCUT2D eigenvalue weighted by Crippen LogP contribution is 2.37. The van der Waals surface area contributed by atoms with Crippen LogP contribution in [0.5, 0.6) is 5.75 Å². The second-order valence-corrected chi connectivity index (χ2v) is 12.4. The summed E-state index contributed by atoms with van der Waals surface area (Å²) in [7, 11) is -2.28. The maximum atomic E-state index is 13.5. The number of alkyl halides is 3. The Morgan fingerprint density at radius 1 is 1.11 bits per heavy atom. The summed E-state index contributed by atoms with van der Waals surface area (Å²) in [5.41, 5.74) is -0.882. The molecule has 38 heavy (non-hydrogen) atoms. The second kappa shape index (κ2) is 9.10. The molecule has 0 aliphatic heterocycles. The van der Waals surface area contributed by atoms with Crippen LogP contribution < -0.4 is 20.7 Å². The zero-order valence-corrected chi connectivity index (χ0v) is 21.8. The molecule has 1 aliphatic rings. The topological polar surface area (TPSA) is 117 Å². The molecule has 0 saturated heterocycles. The predicted octanol–water partition coefficient (Wildman–Crippen LogP) is 2.78. The monoisotopic (exact) mass is 569 g/mol. The summed E-state index contributed by atoms with van der Waals surface area (Å²) in [6, 6.07) is 6.20. The first-order valence-corrected chi connectivity index (χ1v) is 13.7. The van der Waals surface area contributed by atoms with E-state index in [0.717, 1.165) is 28.0 Å². The standard InChI is InChI=1S/C23H22F3N5O5S2/c1-22(7-8-22)28-38(34,35)18-9-17-19(32)30(13-15-10-27-29(2)11-15)21(33)31(20(17)37-18)12-14-3-5-16(6-4-14)36-23(24,25)26/h3-6,9-11,28H,7-8,12-13H2,1-2H3. The Morgan fingerprint density at radius 2 is 1.76 bits per heavy atom. The van der Waals surface area contributed by atoms with Crippen LogP contribution in [0.25, 0.3) is 10.2 Å². The van der Waals surface area contributed by atoms with Crippen molar-refractivity contribution in [2.24, 2.45) is 7.05 Å². The van der Waals surface area contributed by atoms with Crippen molar-refractivity contribution >= 4 is 31.6 Å². The highest BCUT2D eigenvalue weighted by molar-refractivity contribution is 7.91. The number of fused-ring (bicyclic) bond motifs is 1. The summed E-state index contributed by atoms with van der Waals surface area (Å²) in [5, 5.41) is 4.09. The van der Waals surface area contributed by atoms with E-state index in [4.69, 9.17) is 0 Å². The Bertz CT molecular complexity index is 1750. The number of nitrogens with one attached hydrogen (secondary N) is 1. The van der Waals surface area contributed by atoms with Crippen LogP contribution in [0.3, 0.4) is 0 Å². The van der Waals surface area contributed by atoms with Gasteiger partial charge in [-0.15, -0.1) is 24.5 Å². The number of nitrogens with zero attached hydrogens (tertiary/aromatic N) is 4. The van der Waals surface area contributed by atoms with Gasteiger partial charge in [-0.2, -0.15) is 5.10 Å². The number of sulfonamides is 1. The van der Waals surface area contributed by atoms with E-state index >= 15 is 0 Å². The number of halogens is 3. The molecule has 3 heterocycles. The van der Waals surface area contributed by atoms with Gasteiger partial charge in [0.15, 0.2) is 0 Å². The highest BCUT2D eigenvalue weighted by Gasteiger charge is 2.42. The Hall–Kier alpha value is -3.43. The summed E-state index contributed by atoms with van der Waals surface area (Å²) in [6.45, 7) is 1.55. The van der Waals surface area contributed by atoms with Gasteiger partial charge in [-0.3, -0.25) is 18.6 Å². The summed E-state index contributed by atoms with van der Waals surface area (Å²) >= 11 is 0.786. The molecule has 202 valence electrons. The van der Waals surface area contributed by atoms with Crippen LogP contribution in [0.2, 0.25) is 0 Å². The number of aromatic nitrogens is 4. The third-order valence-corrected chi connectivity index (χ3v) is 9.38. The number of ether oxygens (including phenoxy) is 1. The third kappa shape index (κ3) is 5.39. The molecule has 5 rings (SSSR count). The molecule has 1 aliphatic carbocycles.